The molecule has 3 heterocycles. The molecule has 0 bridgehead atoms. The maximum Gasteiger partial charge on any atom is 0.252 e. The molecule has 7 aromatic rings. The smallest absolute Gasteiger partial charge is 0.252 e. The maximum atomic E-state index is 7.12. The number of nitrogens with zero attached hydrogens (tertiary/aromatic N) is 2. The Morgan fingerprint density at radius 2 is 0.984 bits per heavy atom. The van der Waals surface area contributed by atoms with Gasteiger partial charge in [0.05, 0.1) is 0 Å². The van der Waals surface area contributed by atoms with E-state index in [1.165, 1.54) is 108 Å². The van der Waals surface area contributed by atoms with E-state index in [-0.39, 0.29) is 33.8 Å². The van der Waals surface area contributed by atoms with Crippen LogP contribution in [0.5, 0.6) is 0 Å². The molecule has 0 saturated heterocycles. The molecule has 2 aliphatic carbocycles. The zero-order chi connectivity index (χ0) is 45.4. The van der Waals surface area contributed by atoms with Crippen LogP contribution in [0.15, 0.2) is 89.3 Å². The first-order valence-corrected chi connectivity index (χ1v) is 24.2. The number of benzene rings is 6. The average Bonchev–Trinajstić information content (AvgIpc) is 3.57. The van der Waals surface area contributed by atoms with E-state index < -0.39 is 0 Å². The number of halogens is 1. The Morgan fingerprint density at radius 1 is 0.500 bits per heavy atom. The van der Waals surface area contributed by atoms with Crippen LogP contribution in [0.1, 0.15) is 146 Å². The van der Waals surface area contributed by atoms with Crippen molar-refractivity contribution in [2.75, 3.05) is 9.80 Å². The minimum atomic E-state index is -0.0397. The van der Waals surface area contributed by atoms with Crippen LogP contribution >= 0.6 is 11.6 Å². The van der Waals surface area contributed by atoms with E-state index in [9.17, 15) is 0 Å². The largest absolute Gasteiger partial charge is 0.456 e. The molecule has 11 rings (SSSR count). The molecule has 0 saturated carbocycles. The second-order valence-electron chi connectivity index (χ2n) is 23.9. The quantitative estimate of drug-likeness (QED) is 0.161. The minimum absolute atomic E-state index is 0.00558. The summed E-state index contributed by atoms with van der Waals surface area (Å²) in [5, 5.41) is 3.08. The van der Waals surface area contributed by atoms with E-state index in [1.54, 1.807) is 0 Å². The van der Waals surface area contributed by atoms with Gasteiger partial charge in [0.15, 0.2) is 0 Å². The van der Waals surface area contributed by atoms with E-state index in [4.69, 9.17) is 16.0 Å². The highest BCUT2D eigenvalue weighted by atomic mass is 35.5. The van der Waals surface area contributed by atoms with Gasteiger partial charge in [-0.15, -0.1) is 0 Å². The minimum Gasteiger partial charge on any atom is -0.456 e. The molecule has 6 aromatic carbocycles. The molecule has 0 atom stereocenters. The van der Waals surface area contributed by atoms with Crippen LogP contribution in [0.3, 0.4) is 0 Å². The lowest BCUT2D eigenvalue weighted by atomic mass is 9.33. The summed E-state index contributed by atoms with van der Waals surface area (Å²) in [4.78, 5) is 5.19. The summed E-state index contributed by atoms with van der Waals surface area (Å²) >= 11 is 7.12. The fourth-order valence-corrected chi connectivity index (χ4v) is 12.4. The number of furan rings is 1. The van der Waals surface area contributed by atoms with Gasteiger partial charge < -0.3 is 14.2 Å². The van der Waals surface area contributed by atoms with Crippen molar-refractivity contribution in [3.05, 3.63) is 134 Å². The van der Waals surface area contributed by atoms with Crippen molar-refractivity contribution in [2.45, 2.75) is 150 Å². The number of anilines is 6. The zero-order valence-corrected chi connectivity index (χ0v) is 41.4. The molecule has 0 unspecified atom stereocenters. The summed E-state index contributed by atoms with van der Waals surface area (Å²) in [6, 6.07) is 33.3. The predicted molar refractivity (Wildman–Crippen MR) is 276 cm³/mol. The topological polar surface area (TPSA) is 19.6 Å². The van der Waals surface area contributed by atoms with Crippen LogP contribution in [0.25, 0.3) is 21.9 Å². The summed E-state index contributed by atoms with van der Waals surface area (Å²) < 4.78 is 6.87. The second kappa shape index (κ2) is 13.3. The molecule has 0 N–H and O–H groups in total. The fourth-order valence-electron chi connectivity index (χ4n) is 12.3. The summed E-state index contributed by atoms with van der Waals surface area (Å²) in [5.41, 5.74) is 24.3. The molecule has 2 aliphatic heterocycles. The predicted octanol–water partition coefficient (Wildman–Crippen LogP) is 15.2. The van der Waals surface area contributed by atoms with Crippen molar-refractivity contribution < 1.29 is 4.42 Å². The number of rotatable bonds is 2. The molecule has 3 nitrogen and oxygen atoms in total. The molecular weight excluding hydrogens is 799 g/mol. The number of hydrogen-bond donors (Lipinski definition) is 0. The third kappa shape index (κ3) is 5.99. The lowest BCUT2D eigenvalue weighted by Gasteiger charge is -2.47. The molecule has 64 heavy (non-hydrogen) atoms. The van der Waals surface area contributed by atoms with Crippen molar-refractivity contribution in [1.82, 2.24) is 0 Å². The van der Waals surface area contributed by atoms with Gasteiger partial charge in [0.1, 0.15) is 11.2 Å². The van der Waals surface area contributed by atoms with Gasteiger partial charge in [-0.2, -0.15) is 0 Å². The highest BCUT2D eigenvalue weighted by molar-refractivity contribution is 7.00. The van der Waals surface area contributed by atoms with E-state index in [2.05, 4.69) is 192 Å². The van der Waals surface area contributed by atoms with Gasteiger partial charge in [0, 0.05) is 56.0 Å². The summed E-state index contributed by atoms with van der Waals surface area (Å²) in [6.07, 6.45) is 4.69. The van der Waals surface area contributed by atoms with E-state index in [1.807, 2.05) is 0 Å². The lowest BCUT2D eigenvalue weighted by Crippen LogP contribution is -2.61. The van der Waals surface area contributed by atoms with Gasteiger partial charge in [-0.1, -0.05) is 118 Å². The first-order chi connectivity index (χ1) is 29.9. The van der Waals surface area contributed by atoms with Crippen LogP contribution in [-0.2, 0) is 27.1 Å². The third-order valence-electron chi connectivity index (χ3n) is 16.5. The monoisotopic (exact) mass is 862 g/mol. The Labute approximate surface area is 387 Å². The van der Waals surface area contributed by atoms with Gasteiger partial charge in [-0.3, -0.25) is 0 Å². The van der Waals surface area contributed by atoms with Crippen LogP contribution < -0.4 is 26.2 Å². The zero-order valence-electron chi connectivity index (χ0n) is 40.7. The van der Waals surface area contributed by atoms with E-state index >= 15 is 0 Å². The van der Waals surface area contributed by atoms with Gasteiger partial charge >= 0.3 is 0 Å². The fraction of sp³-hybridized carbons (Fsp3) is 0.390. The molecular formula is C59H64BClN2O. The number of hydrogen-bond acceptors (Lipinski definition) is 3. The van der Waals surface area contributed by atoms with E-state index in [0.717, 1.165) is 40.1 Å². The highest BCUT2D eigenvalue weighted by Crippen LogP contribution is 2.54. The molecule has 0 fully saturated rings. The van der Waals surface area contributed by atoms with Crippen molar-refractivity contribution in [3.63, 3.8) is 0 Å². The summed E-state index contributed by atoms with van der Waals surface area (Å²) in [7, 11) is 0. The Morgan fingerprint density at radius 3 is 1.50 bits per heavy atom. The van der Waals surface area contributed by atoms with Crippen molar-refractivity contribution in [1.29, 1.82) is 0 Å². The SMILES string of the molecule is Cc1cc2c3c(c1)N(c1cc4c(cc1C)C(C)(C)CCC4(C)C)c1cc4oc5ccc(C(C)(C)C)cc5c4cc1B3c1ccc(Cl)cc1N2c1cc2c(cc1C)C(C)(C)CCC2(C)C. The van der Waals surface area contributed by atoms with Crippen molar-refractivity contribution in [3.8, 4) is 0 Å². The Kier molecular flexibility index (Phi) is 8.71. The second-order valence-corrected chi connectivity index (χ2v) is 24.3. The van der Waals surface area contributed by atoms with Crippen LogP contribution in [-0.4, -0.2) is 6.71 Å². The Hall–Kier alpha value is -4.93. The van der Waals surface area contributed by atoms with Gasteiger partial charge in [-0.05, 0) is 183 Å². The number of fused-ring (bicyclic) bond motifs is 9. The van der Waals surface area contributed by atoms with Gasteiger partial charge in [0.25, 0.3) is 6.71 Å². The molecule has 0 spiro atoms. The van der Waals surface area contributed by atoms with Gasteiger partial charge in [0.2, 0.25) is 0 Å². The molecule has 0 radical (unpaired) electrons. The first kappa shape index (κ1) is 41.8. The molecule has 5 heteroatoms. The van der Waals surface area contributed by atoms with Crippen LogP contribution in [0, 0.1) is 20.8 Å². The standard InChI is InChI=1S/C59H64BClN2O/c1-33-23-50-54-51(24-33)63(47-31-43-41(26-35(47)3)57(9,10)20-22-59(43,13)14)49-32-53-39(38-27-36(55(4,5)6)15-18-52(38)64-53)29-45(49)60(54)44-17-16-37(61)28-48(44)62(50)46-30-42-40(25-34(46)2)56(7,8)19-21-58(42,11)12/h15-18,23-32H,19-22H2,1-14H3. The summed E-state index contributed by atoms with van der Waals surface area (Å²) in [5.74, 6) is 0. The van der Waals surface area contributed by atoms with Crippen LogP contribution in [0.2, 0.25) is 5.02 Å². The molecule has 1 aromatic heterocycles. The third-order valence-corrected chi connectivity index (χ3v) is 16.7. The lowest BCUT2D eigenvalue weighted by molar-refractivity contribution is 0.332. The Bertz CT molecular complexity index is 3170. The molecule has 4 aliphatic rings. The van der Waals surface area contributed by atoms with Crippen molar-refractivity contribution >= 4 is 90.8 Å². The molecule has 0 amide bonds. The Balaban J connectivity index is 1.25. The van der Waals surface area contributed by atoms with Gasteiger partial charge in [-0.25, -0.2) is 0 Å². The van der Waals surface area contributed by atoms with Crippen LogP contribution in [0.4, 0.5) is 34.1 Å². The summed E-state index contributed by atoms with van der Waals surface area (Å²) in [6.45, 7) is 33.3. The van der Waals surface area contributed by atoms with Crippen molar-refractivity contribution in [2.24, 2.45) is 0 Å². The van der Waals surface area contributed by atoms with E-state index in [0.29, 0.717) is 0 Å². The molecule has 326 valence electrons. The first-order valence-electron chi connectivity index (χ1n) is 23.8. The maximum absolute atomic E-state index is 7.12. The highest BCUT2D eigenvalue weighted by Gasteiger charge is 2.46. The normalized spacial score (nSPS) is 18.7. The average molecular weight is 863 g/mol. The number of aryl methyl sites for hydroxylation is 3.